The third kappa shape index (κ3) is 3.51. The number of aromatic nitrogens is 1. The van der Waals surface area contributed by atoms with Gasteiger partial charge in [-0.25, -0.2) is 9.78 Å². The van der Waals surface area contributed by atoms with E-state index in [0.717, 1.165) is 18.0 Å². The quantitative estimate of drug-likeness (QED) is 0.787. The first-order chi connectivity index (χ1) is 7.17. The number of nitrogens with zero attached hydrogens (tertiary/aromatic N) is 1. The van der Waals surface area contributed by atoms with Crippen LogP contribution in [0.3, 0.4) is 0 Å². The van der Waals surface area contributed by atoms with E-state index >= 15 is 0 Å². The third-order valence-corrected chi connectivity index (χ3v) is 2.89. The lowest BCUT2D eigenvalue weighted by Crippen LogP contribution is -2.13. The molecule has 0 bridgehead atoms. The first-order valence-corrected chi connectivity index (χ1v) is 5.79. The summed E-state index contributed by atoms with van der Waals surface area (Å²) in [6.45, 7) is 4.24. The second kappa shape index (κ2) is 5.70. The number of carbonyl (C=O) groups is 1. The van der Waals surface area contributed by atoms with Crippen LogP contribution >= 0.6 is 11.3 Å². The van der Waals surface area contributed by atoms with Crippen molar-refractivity contribution in [3.05, 3.63) is 11.1 Å². The van der Waals surface area contributed by atoms with Crippen molar-refractivity contribution in [3.63, 3.8) is 0 Å². The van der Waals surface area contributed by atoms with Gasteiger partial charge in [0.15, 0.2) is 5.13 Å². The monoisotopic (exact) mass is 228 g/mol. The topological polar surface area (TPSA) is 51.2 Å². The predicted octanol–water partition coefficient (Wildman–Crippen LogP) is 2.53. The molecule has 0 saturated heterocycles. The molecule has 1 atom stereocenters. The van der Waals surface area contributed by atoms with Gasteiger partial charge < -0.3 is 10.1 Å². The van der Waals surface area contributed by atoms with Gasteiger partial charge in [-0.1, -0.05) is 24.7 Å². The molecule has 0 aliphatic rings. The van der Waals surface area contributed by atoms with Crippen LogP contribution < -0.4 is 5.32 Å². The molecule has 15 heavy (non-hydrogen) atoms. The number of anilines is 1. The van der Waals surface area contributed by atoms with Gasteiger partial charge in [0.1, 0.15) is 4.88 Å². The number of rotatable bonds is 5. The molecule has 0 radical (unpaired) electrons. The van der Waals surface area contributed by atoms with Crippen LogP contribution in [-0.2, 0) is 4.74 Å². The number of hydrogen-bond donors (Lipinski definition) is 1. The molecule has 0 spiro atoms. The summed E-state index contributed by atoms with van der Waals surface area (Å²) in [6.07, 6.45) is 3.76. The zero-order valence-corrected chi connectivity index (χ0v) is 10.1. The predicted molar refractivity (Wildman–Crippen MR) is 61.4 cm³/mol. The minimum atomic E-state index is -0.330. The lowest BCUT2D eigenvalue weighted by molar-refractivity contribution is 0.0606. The van der Waals surface area contributed by atoms with Gasteiger partial charge in [0, 0.05) is 6.04 Å². The number of nitrogens with one attached hydrogen (secondary N) is 1. The summed E-state index contributed by atoms with van der Waals surface area (Å²) in [6, 6.07) is 0.381. The van der Waals surface area contributed by atoms with Crippen LogP contribution in [0.25, 0.3) is 0 Å². The molecule has 0 aromatic carbocycles. The zero-order chi connectivity index (χ0) is 11.3. The first kappa shape index (κ1) is 12.0. The second-order valence-corrected chi connectivity index (χ2v) is 4.39. The standard InChI is InChI=1S/C10H16N2O2S/c1-4-5-7(2)12-10-11-6-8(15-10)9(13)14-3/h6-7H,4-5H2,1-3H3,(H,11,12). The highest BCUT2D eigenvalue weighted by Crippen LogP contribution is 2.20. The van der Waals surface area contributed by atoms with Crippen LogP contribution in [-0.4, -0.2) is 24.1 Å². The number of thiazole rings is 1. The summed E-state index contributed by atoms with van der Waals surface area (Å²) in [5.74, 6) is -0.330. The zero-order valence-electron chi connectivity index (χ0n) is 9.24. The normalized spacial score (nSPS) is 12.2. The summed E-state index contributed by atoms with van der Waals surface area (Å²) >= 11 is 1.32. The Kier molecular flexibility index (Phi) is 4.55. The number of hydrogen-bond acceptors (Lipinski definition) is 5. The third-order valence-electron chi connectivity index (χ3n) is 1.98. The minimum absolute atomic E-state index is 0.330. The van der Waals surface area contributed by atoms with Crippen molar-refractivity contribution >= 4 is 22.4 Å². The fraction of sp³-hybridized carbons (Fsp3) is 0.600. The average Bonchev–Trinajstić information content (AvgIpc) is 2.65. The van der Waals surface area contributed by atoms with Gasteiger partial charge in [0.2, 0.25) is 0 Å². The van der Waals surface area contributed by atoms with Crippen molar-refractivity contribution in [2.24, 2.45) is 0 Å². The molecule has 1 aromatic heterocycles. The van der Waals surface area contributed by atoms with E-state index in [-0.39, 0.29) is 5.97 Å². The summed E-state index contributed by atoms with van der Waals surface area (Å²) in [5.41, 5.74) is 0. The molecule has 0 saturated carbocycles. The van der Waals surface area contributed by atoms with Gasteiger partial charge in [-0.2, -0.15) is 0 Å². The van der Waals surface area contributed by atoms with Gasteiger partial charge >= 0.3 is 5.97 Å². The fourth-order valence-electron chi connectivity index (χ4n) is 1.25. The van der Waals surface area contributed by atoms with Crippen LogP contribution in [0, 0.1) is 0 Å². The second-order valence-electron chi connectivity index (χ2n) is 3.36. The van der Waals surface area contributed by atoms with Crippen molar-refractivity contribution in [2.75, 3.05) is 12.4 Å². The Morgan fingerprint density at radius 2 is 2.47 bits per heavy atom. The SMILES string of the molecule is CCCC(C)Nc1ncc(C(=O)OC)s1. The maximum Gasteiger partial charge on any atom is 0.349 e. The lowest BCUT2D eigenvalue weighted by Gasteiger charge is -2.10. The van der Waals surface area contributed by atoms with E-state index in [4.69, 9.17) is 0 Å². The molecule has 0 amide bonds. The Bertz CT molecular complexity index is 325. The van der Waals surface area contributed by atoms with Crippen LogP contribution in [0.1, 0.15) is 36.4 Å². The van der Waals surface area contributed by atoms with E-state index in [1.54, 1.807) is 0 Å². The molecule has 5 heteroatoms. The van der Waals surface area contributed by atoms with E-state index in [0.29, 0.717) is 10.9 Å². The van der Waals surface area contributed by atoms with Crippen molar-refractivity contribution in [3.8, 4) is 0 Å². The lowest BCUT2D eigenvalue weighted by atomic mass is 10.2. The van der Waals surface area contributed by atoms with Gasteiger partial charge in [-0.05, 0) is 13.3 Å². The summed E-state index contributed by atoms with van der Waals surface area (Å²) in [4.78, 5) is 15.8. The maximum absolute atomic E-state index is 11.2. The Balaban J connectivity index is 2.56. The largest absolute Gasteiger partial charge is 0.465 e. The van der Waals surface area contributed by atoms with Crippen molar-refractivity contribution in [1.29, 1.82) is 0 Å². The molecule has 0 aliphatic heterocycles. The number of ether oxygens (including phenoxy) is 1. The molecular weight excluding hydrogens is 212 g/mol. The summed E-state index contributed by atoms with van der Waals surface area (Å²) < 4.78 is 4.61. The highest BCUT2D eigenvalue weighted by atomic mass is 32.1. The van der Waals surface area contributed by atoms with Gasteiger partial charge in [0.05, 0.1) is 13.3 Å². The number of esters is 1. The minimum Gasteiger partial charge on any atom is -0.465 e. The average molecular weight is 228 g/mol. The Morgan fingerprint density at radius 1 is 1.73 bits per heavy atom. The molecule has 1 rings (SSSR count). The summed E-state index contributed by atoms with van der Waals surface area (Å²) in [7, 11) is 1.37. The molecule has 4 nitrogen and oxygen atoms in total. The van der Waals surface area contributed by atoms with E-state index < -0.39 is 0 Å². The Labute approximate surface area is 93.7 Å². The van der Waals surface area contributed by atoms with Crippen LogP contribution in [0.4, 0.5) is 5.13 Å². The highest BCUT2D eigenvalue weighted by molar-refractivity contribution is 7.17. The van der Waals surface area contributed by atoms with E-state index in [2.05, 4.69) is 28.9 Å². The van der Waals surface area contributed by atoms with E-state index in [1.807, 2.05) is 0 Å². The molecular formula is C10H16N2O2S. The van der Waals surface area contributed by atoms with Crippen molar-refractivity contribution < 1.29 is 9.53 Å². The number of carbonyl (C=O) groups excluding carboxylic acids is 1. The molecule has 1 aromatic rings. The van der Waals surface area contributed by atoms with Crippen molar-refractivity contribution in [1.82, 2.24) is 4.98 Å². The smallest absolute Gasteiger partial charge is 0.349 e. The molecule has 1 unspecified atom stereocenters. The summed E-state index contributed by atoms with van der Waals surface area (Å²) in [5, 5.41) is 4.02. The van der Waals surface area contributed by atoms with E-state index in [1.165, 1.54) is 24.6 Å². The highest BCUT2D eigenvalue weighted by Gasteiger charge is 2.11. The number of methoxy groups -OCH3 is 1. The van der Waals surface area contributed by atoms with Gasteiger partial charge in [0.25, 0.3) is 0 Å². The Morgan fingerprint density at radius 3 is 3.07 bits per heavy atom. The Hall–Kier alpha value is -1.10. The van der Waals surface area contributed by atoms with Crippen LogP contribution in [0.15, 0.2) is 6.20 Å². The van der Waals surface area contributed by atoms with Crippen LogP contribution in [0.5, 0.6) is 0 Å². The molecule has 0 fully saturated rings. The van der Waals surface area contributed by atoms with Gasteiger partial charge in [-0.3, -0.25) is 0 Å². The van der Waals surface area contributed by atoms with Crippen molar-refractivity contribution in [2.45, 2.75) is 32.7 Å². The molecule has 0 aliphatic carbocycles. The first-order valence-electron chi connectivity index (χ1n) is 4.98. The van der Waals surface area contributed by atoms with E-state index in [9.17, 15) is 4.79 Å². The molecule has 1 heterocycles. The molecule has 84 valence electrons. The van der Waals surface area contributed by atoms with Crippen LogP contribution in [0.2, 0.25) is 0 Å². The maximum atomic E-state index is 11.2. The fourth-order valence-corrected chi connectivity index (χ4v) is 2.10. The van der Waals surface area contributed by atoms with Gasteiger partial charge in [-0.15, -0.1) is 0 Å². The molecule has 1 N–H and O–H groups in total.